The molecule has 0 unspecified atom stereocenters. The first kappa shape index (κ1) is 10.5. The van der Waals surface area contributed by atoms with Crippen LogP contribution in [0.1, 0.15) is 18.4 Å². The van der Waals surface area contributed by atoms with Gasteiger partial charge in [0, 0.05) is 6.54 Å². The van der Waals surface area contributed by atoms with Crippen molar-refractivity contribution in [3.8, 4) is 0 Å². The zero-order valence-electron chi connectivity index (χ0n) is 9.64. The molecule has 2 heterocycles. The highest BCUT2D eigenvalue weighted by atomic mass is 16.6. The molecule has 2 aliphatic rings. The van der Waals surface area contributed by atoms with Crippen molar-refractivity contribution < 1.29 is 9.53 Å². The zero-order chi connectivity index (χ0) is 11.9. The Labute approximate surface area is 99.7 Å². The molecule has 4 nitrogen and oxygen atoms in total. The second-order valence-electron chi connectivity index (χ2n) is 4.67. The molecule has 1 aromatic rings. The van der Waals surface area contributed by atoms with Gasteiger partial charge in [-0.1, -0.05) is 30.3 Å². The van der Waals surface area contributed by atoms with Crippen molar-refractivity contribution in [1.82, 2.24) is 5.43 Å². The molecule has 2 atom stereocenters. The van der Waals surface area contributed by atoms with Crippen LogP contribution in [0.15, 0.2) is 35.4 Å². The molecule has 0 aliphatic carbocycles. The van der Waals surface area contributed by atoms with Crippen LogP contribution >= 0.6 is 0 Å². The first-order valence-corrected chi connectivity index (χ1v) is 5.75. The Hall–Kier alpha value is -1.68. The van der Waals surface area contributed by atoms with E-state index >= 15 is 0 Å². The van der Waals surface area contributed by atoms with Crippen LogP contribution in [-0.2, 0) is 9.53 Å². The summed E-state index contributed by atoms with van der Waals surface area (Å²) in [6.07, 6.45) is 0. The minimum atomic E-state index is -0.627. The van der Waals surface area contributed by atoms with E-state index in [1.165, 1.54) is 0 Å². The maximum absolute atomic E-state index is 12.2. The summed E-state index contributed by atoms with van der Waals surface area (Å²) in [4.78, 5) is 12.2. The number of rotatable bonds is 3. The fourth-order valence-electron chi connectivity index (χ4n) is 2.08. The summed E-state index contributed by atoms with van der Waals surface area (Å²) in [7, 11) is 0. The maximum Gasteiger partial charge on any atom is 0.213 e. The van der Waals surface area contributed by atoms with Gasteiger partial charge in [-0.3, -0.25) is 4.79 Å². The van der Waals surface area contributed by atoms with Crippen molar-refractivity contribution in [1.29, 1.82) is 0 Å². The van der Waals surface area contributed by atoms with E-state index in [9.17, 15) is 4.79 Å². The van der Waals surface area contributed by atoms with E-state index in [4.69, 9.17) is 4.74 Å². The van der Waals surface area contributed by atoms with Gasteiger partial charge in [-0.2, -0.15) is 5.10 Å². The van der Waals surface area contributed by atoms with Gasteiger partial charge >= 0.3 is 0 Å². The van der Waals surface area contributed by atoms with Crippen LogP contribution < -0.4 is 5.43 Å². The molecule has 1 fully saturated rings. The van der Waals surface area contributed by atoms with Gasteiger partial charge in [0.05, 0.1) is 12.5 Å². The van der Waals surface area contributed by atoms with E-state index < -0.39 is 5.60 Å². The Bertz CT molecular complexity index is 477. The molecule has 0 amide bonds. The minimum Gasteiger partial charge on any atom is -0.361 e. The Morgan fingerprint density at radius 1 is 1.47 bits per heavy atom. The van der Waals surface area contributed by atoms with Crippen molar-refractivity contribution >= 4 is 11.5 Å². The van der Waals surface area contributed by atoms with Gasteiger partial charge in [0.15, 0.2) is 5.60 Å². The van der Waals surface area contributed by atoms with E-state index in [2.05, 4.69) is 10.5 Å². The van der Waals surface area contributed by atoms with Gasteiger partial charge in [-0.25, -0.2) is 0 Å². The SMILES string of the molecule is C[C@]1(C(=O)C2=NNC[C@H]2c2ccccc2)CO1. The Morgan fingerprint density at radius 3 is 2.82 bits per heavy atom. The fourth-order valence-corrected chi connectivity index (χ4v) is 2.08. The second kappa shape index (κ2) is 3.67. The monoisotopic (exact) mass is 230 g/mol. The van der Waals surface area contributed by atoms with Crippen LogP contribution in [0.5, 0.6) is 0 Å². The number of carbonyl (C=O) groups excluding carboxylic acids is 1. The minimum absolute atomic E-state index is 0.0105. The molecule has 0 bridgehead atoms. The highest BCUT2D eigenvalue weighted by Gasteiger charge is 2.51. The maximum atomic E-state index is 12.2. The number of epoxide rings is 1. The smallest absolute Gasteiger partial charge is 0.213 e. The third-order valence-electron chi connectivity index (χ3n) is 3.32. The number of hydrazone groups is 1. The van der Waals surface area contributed by atoms with Crippen molar-refractivity contribution in [2.75, 3.05) is 13.2 Å². The summed E-state index contributed by atoms with van der Waals surface area (Å²) in [5, 5.41) is 4.14. The first-order chi connectivity index (χ1) is 8.21. The zero-order valence-corrected chi connectivity index (χ0v) is 9.64. The predicted octanol–water partition coefficient (Wildman–Crippen LogP) is 1.09. The summed E-state index contributed by atoms with van der Waals surface area (Å²) in [6.45, 7) is 3.01. The standard InChI is InChI=1S/C13H14N2O2/c1-13(8-17-13)12(16)11-10(7-14-15-11)9-5-3-2-4-6-9/h2-6,10,14H,7-8H2,1H3/t10-,13+/m0/s1. The van der Waals surface area contributed by atoms with Gasteiger partial charge in [-0.15, -0.1) is 0 Å². The predicted molar refractivity (Wildman–Crippen MR) is 64.0 cm³/mol. The summed E-state index contributed by atoms with van der Waals surface area (Å²) in [6, 6.07) is 9.97. The van der Waals surface area contributed by atoms with Crippen LogP contribution in [0.25, 0.3) is 0 Å². The molecule has 0 radical (unpaired) electrons. The van der Waals surface area contributed by atoms with Crippen molar-refractivity contribution in [3.05, 3.63) is 35.9 Å². The Morgan fingerprint density at radius 2 is 2.18 bits per heavy atom. The quantitative estimate of drug-likeness (QED) is 0.791. The first-order valence-electron chi connectivity index (χ1n) is 5.75. The fraction of sp³-hybridized carbons (Fsp3) is 0.385. The van der Waals surface area contributed by atoms with Gasteiger partial charge in [0.25, 0.3) is 0 Å². The van der Waals surface area contributed by atoms with Gasteiger partial charge < -0.3 is 10.2 Å². The number of carbonyl (C=O) groups is 1. The average Bonchev–Trinajstić information content (AvgIpc) is 2.95. The van der Waals surface area contributed by atoms with E-state index in [1.54, 1.807) is 0 Å². The summed E-state index contributed by atoms with van der Waals surface area (Å²) in [5.74, 6) is 0.0566. The summed E-state index contributed by atoms with van der Waals surface area (Å²) < 4.78 is 5.20. The molecule has 0 aromatic heterocycles. The van der Waals surface area contributed by atoms with Gasteiger partial charge in [0.1, 0.15) is 5.71 Å². The van der Waals surface area contributed by atoms with E-state index in [-0.39, 0.29) is 11.7 Å². The van der Waals surface area contributed by atoms with E-state index in [1.807, 2.05) is 37.3 Å². The normalized spacial score (nSPS) is 30.6. The lowest BCUT2D eigenvalue weighted by atomic mass is 9.89. The Balaban J connectivity index is 1.88. The molecule has 1 aromatic carbocycles. The van der Waals surface area contributed by atoms with E-state index in [0.717, 1.165) is 5.56 Å². The molecule has 1 N–H and O–H groups in total. The molecule has 1 saturated heterocycles. The lowest BCUT2D eigenvalue weighted by Gasteiger charge is -2.12. The number of Topliss-reactive ketones (excluding diaryl/α,β-unsaturated/α-hetero) is 1. The second-order valence-corrected chi connectivity index (χ2v) is 4.67. The number of nitrogens with zero attached hydrogens (tertiary/aromatic N) is 1. The van der Waals surface area contributed by atoms with Crippen molar-refractivity contribution in [3.63, 3.8) is 0 Å². The molecular weight excluding hydrogens is 216 g/mol. The van der Waals surface area contributed by atoms with Gasteiger partial charge in [-0.05, 0) is 12.5 Å². The number of nitrogens with one attached hydrogen (secondary N) is 1. The summed E-state index contributed by atoms with van der Waals surface area (Å²) >= 11 is 0. The van der Waals surface area contributed by atoms with Crippen LogP contribution in [0.2, 0.25) is 0 Å². The third-order valence-corrected chi connectivity index (χ3v) is 3.32. The van der Waals surface area contributed by atoms with Crippen molar-refractivity contribution in [2.24, 2.45) is 5.10 Å². The number of ether oxygens (including phenoxy) is 1. The molecular formula is C13H14N2O2. The average molecular weight is 230 g/mol. The number of benzene rings is 1. The molecule has 2 aliphatic heterocycles. The van der Waals surface area contributed by atoms with Crippen molar-refractivity contribution in [2.45, 2.75) is 18.4 Å². The Kier molecular flexibility index (Phi) is 2.26. The summed E-state index contributed by atoms with van der Waals surface area (Å²) in [5.41, 5.74) is 4.00. The van der Waals surface area contributed by atoms with Crippen LogP contribution in [0, 0.1) is 0 Å². The molecule has 17 heavy (non-hydrogen) atoms. The molecule has 88 valence electrons. The lowest BCUT2D eigenvalue weighted by Crippen LogP contribution is -2.32. The highest BCUT2D eigenvalue weighted by molar-refractivity contribution is 6.45. The van der Waals surface area contributed by atoms with Crippen LogP contribution in [0.3, 0.4) is 0 Å². The molecule has 0 saturated carbocycles. The number of hydrogen-bond acceptors (Lipinski definition) is 4. The van der Waals surface area contributed by atoms with Crippen LogP contribution in [-0.4, -0.2) is 30.2 Å². The molecule has 4 heteroatoms. The number of ketones is 1. The van der Waals surface area contributed by atoms with Gasteiger partial charge in [0.2, 0.25) is 5.78 Å². The lowest BCUT2D eigenvalue weighted by molar-refractivity contribution is -0.117. The molecule has 0 spiro atoms. The number of hydrogen-bond donors (Lipinski definition) is 1. The topological polar surface area (TPSA) is 54.0 Å². The highest BCUT2D eigenvalue weighted by Crippen LogP contribution is 2.31. The third kappa shape index (κ3) is 1.74. The van der Waals surface area contributed by atoms with Crippen LogP contribution in [0.4, 0.5) is 0 Å². The molecule has 3 rings (SSSR count). The van der Waals surface area contributed by atoms with E-state index in [0.29, 0.717) is 18.9 Å². The largest absolute Gasteiger partial charge is 0.361 e.